The van der Waals surface area contributed by atoms with E-state index in [0.717, 1.165) is 22.2 Å². The number of hydrogen-bond acceptors (Lipinski definition) is 7. The average Bonchev–Trinajstić information content (AvgIpc) is 3.27. The van der Waals surface area contributed by atoms with Gasteiger partial charge in [0.25, 0.3) is 11.8 Å². The number of fused-ring (bicyclic) bond motifs is 1. The first-order valence-corrected chi connectivity index (χ1v) is 9.79. The monoisotopic (exact) mass is 414 g/mol. The lowest BCUT2D eigenvalue weighted by Gasteiger charge is -2.14. The highest BCUT2D eigenvalue weighted by molar-refractivity contribution is 8.26. The van der Waals surface area contributed by atoms with Crippen LogP contribution < -0.4 is 11.1 Å². The Kier molecular flexibility index (Phi) is 4.65. The molecular weight excluding hydrogens is 404 g/mol. The lowest BCUT2D eigenvalue weighted by atomic mass is 10.2. The van der Waals surface area contributed by atoms with Crippen molar-refractivity contribution in [3.8, 4) is 0 Å². The van der Waals surface area contributed by atoms with Crippen molar-refractivity contribution in [2.75, 3.05) is 0 Å². The zero-order valence-electron chi connectivity index (χ0n) is 13.5. The van der Waals surface area contributed by atoms with E-state index in [1.165, 1.54) is 17.4 Å². The molecule has 0 radical (unpaired) electrons. The number of amides is 2. The first-order valence-electron chi connectivity index (χ1n) is 7.68. The van der Waals surface area contributed by atoms with E-state index in [1.54, 1.807) is 35.7 Å². The molecule has 1 N–H and O–H groups in total. The van der Waals surface area contributed by atoms with E-state index in [9.17, 15) is 14.4 Å². The molecule has 2 aromatic heterocycles. The molecule has 1 fully saturated rings. The van der Waals surface area contributed by atoms with Crippen molar-refractivity contribution in [1.29, 1.82) is 0 Å². The topological polar surface area (TPSA) is 79.6 Å². The number of carbonyl (C=O) groups is 2. The summed E-state index contributed by atoms with van der Waals surface area (Å²) >= 11 is 7.44. The molecule has 4 rings (SSSR count). The van der Waals surface area contributed by atoms with Crippen LogP contribution in [-0.2, 0) is 4.79 Å². The van der Waals surface area contributed by atoms with Crippen molar-refractivity contribution in [1.82, 2.24) is 10.4 Å². The summed E-state index contributed by atoms with van der Waals surface area (Å²) in [6.45, 7) is 0. The van der Waals surface area contributed by atoms with E-state index in [-0.39, 0.29) is 14.8 Å². The molecule has 3 aromatic rings. The summed E-state index contributed by atoms with van der Waals surface area (Å²) in [5, 5.41) is 3.51. The number of hydrazine groups is 1. The third-order valence-electron chi connectivity index (χ3n) is 3.71. The Bertz CT molecular complexity index is 1160. The summed E-state index contributed by atoms with van der Waals surface area (Å²) in [5.74, 6) is -0.921. The first kappa shape index (κ1) is 17.7. The van der Waals surface area contributed by atoms with Crippen molar-refractivity contribution in [3.63, 3.8) is 0 Å². The molecule has 27 heavy (non-hydrogen) atoms. The van der Waals surface area contributed by atoms with Gasteiger partial charge in [0.1, 0.15) is 5.58 Å². The van der Waals surface area contributed by atoms with Gasteiger partial charge in [0, 0.05) is 5.39 Å². The second-order valence-corrected chi connectivity index (χ2v) is 8.09. The quantitative estimate of drug-likeness (QED) is 0.402. The molecule has 0 aliphatic carbocycles. The molecule has 0 spiro atoms. The highest BCUT2D eigenvalue weighted by Gasteiger charge is 2.34. The van der Waals surface area contributed by atoms with Gasteiger partial charge >= 0.3 is 5.63 Å². The number of benzene rings is 1. The van der Waals surface area contributed by atoms with E-state index in [4.69, 9.17) is 16.6 Å². The van der Waals surface area contributed by atoms with E-state index in [0.29, 0.717) is 10.5 Å². The van der Waals surface area contributed by atoms with Crippen LogP contribution in [0.25, 0.3) is 17.0 Å². The van der Waals surface area contributed by atoms with E-state index in [1.807, 2.05) is 12.1 Å². The number of thiophene rings is 1. The highest BCUT2D eigenvalue weighted by Crippen LogP contribution is 2.31. The van der Waals surface area contributed by atoms with Gasteiger partial charge in [-0.1, -0.05) is 36.0 Å². The van der Waals surface area contributed by atoms with Crippen LogP contribution in [0, 0.1) is 0 Å². The Morgan fingerprint density at radius 3 is 2.78 bits per heavy atom. The number of nitrogens with one attached hydrogen (secondary N) is 1. The molecular formula is C18H10N2O4S3. The lowest BCUT2D eigenvalue weighted by molar-refractivity contribution is -0.123. The largest absolute Gasteiger partial charge is 0.422 e. The molecule has 0 bridgehead atoms. The molecule has 3 heterocycles. The van der Waals surface area contributed by atoms with Crippen molar-refractivity contribution in [3.05, 3.63) is 73.6 Å². The summed E-state index contributed by atoms with van der Waals surface area (Å²) in [6, 6.07) is 12.1. The van der Waals surface area contributed by atoms with Gasteiger partial charge < -0.3 is 4.42 Å². The summed E-state index contributed by atoms with van der Waals surface area (Å²) in [4.78, 5) is 37.6. The molecule has 1 aromatic carbocycles. The maximum atomic E-state index is 12.6. The summed E-state index contributed by atoms with van der Waals surface area (Å²) in [7, 11) is 0. The third kappa shape index (κ3) is 3.44. The van der Waals surface area contributed by atoms with Gasteiger partial charge in [0.2, 0.25) is 0 Å². The maximum Gasteiger partial charge on any atom is 0.343 e. The van der Waals surface area contributed by atoms with Gasteiger partial charge in [-0.25, -0.2) is 4.79 Å². The molecule has 134 valence electrons. The Morgan fingerprint density at radius 1 is 1.19 bits per heavy atom. The van der Waals surface area contributed by atoms with Gasteiger partial charge in [0.05, 0.1) is 15.3 Å². The van der Waals surface area contributed by atoms with Crippen LogP contribution in [0.2, 0.25) is 0 Å². The second kappa shape index (κ2) is 7.10. The molecule has 1 saturated heterocycles. The van der Waals surface area contributed by atoms with Gasteiger partial charge in [-0.2, -0.15) is 5.01 Å². The zero-order chi connectivity index (χ0) is 19.0. The van der Waals surface area contributed by atoms with Gasteiger partial charge in [-0.3, -0.25) is 15.0 Å². The van der Waals surface area contributed by atoms with Crippen LogP contribution in [-0.4, -0.2) is 21.1 Å². The van der Waals surface area contributed by atoms with Gasteiger partial charge in [0.15, 0.2) is 4.32 Å². The van der Waals surface area contributed by atoms with Crippen LogP contribution in [0.4, 0.5) is 0 Å². The Morgan fingerprint density at radius 2 is 2.00 bits per heavy atom. The molecule has 0 unspecified atom stereocenters. The fraction of sp³-hybridized carbons (Fsp3) is 0. The molecule has 6 nitrogen and oxygen atoms in total. The Labute approximate surface area is 166 Å². The number of carbonyl (C=O) groups excluding carboxylic acids is 2. The SMILES string of the molecule is O=C(NN1C(=O)/C(=C/c2cc3ccccc3oc2=O)SC1=S)c1cccs1. The van der Waals surface area contributed by atoms with Crippen molar-refractivity contribution in [2.45, 2.75) is 0 Å². The number of hydrogen-bond donors (Lipinski definition) is 1. The van der Waals surface area contributed by atoms with E-state index >= 15 is 0 Å². The van der Waals surface area contributed by atoms with Crippen molar-refractivity contribution < 1.29 is 14.0 Å². The van der Waals surface area contributed by atoms with Crippen LogP contribution in [0.1, 0.15) is 15.2 Å². The molecule has 0 atom stereocenters. The van der Waals surface area contributed by atoms with Crippen molar-refractivity contribution >= 4 is 68.5 Å². The second-order valence-electron chi connectivity index (χ2n) is 5.46. The van der Waals surface area contributed by atoms with Gasteiger partial charge in [-0.05, 0) is 41.9 Å². The average molecular weight is 414 g/mol. The minimum absolute atomic E-state index is 0.182. The van der Waals surface area contributed by atoms with Crippen LogP contribution in [0.15, 0.2) is 62.0 Å². The summed E-state index contributed by atoms with van der Waals surface area (Å²) in [6.07, 6.45) is 1.43. The summed E-state index contributed by atoms with van der Waals surface area (Å²) in [5.41, 5.74) is 2.64. The standard InChI is InChI=1S/C18H10N2O4S3/c21-15(13-6-3-7-26-13)19-20-16(22)14(27-18(20)25)9-11-8-10-4-1-2-5-12(10)24-17(11)23/h1-9H,(H,19,21)/b14-9-. The molecule has 9 heteroatoms. The highest BCUT2D eigenvalue weighted by atomic mass is 32.2. The number of thiocarbonyl (C=S) groups is 1. The first-order chi connectivity index (χ1) is 13.0. The molecule has 0 saturated carbocycles. The van der Waals surface area contributed by atoms with Crippen LogP contribution in [0.5, 0.6) is 0 Å². The Balaban J connectivity index is 1.62. The lowest BCUT2D eigenvalue weighted by Crippen LogP contribution is -2.44. The Hall–Kier alpha value is -2.75. The molecule has 1 aliphatic rings. The number of nitrogens with zero attached hydrogens (tertiary/aromatic N) is 1. The predicted molar refractivity (Wildman–Crippen MR) is 109 cm³/mol. The molecule has 2 amide bonds. The molecule has 1 aliphatic heterocycles. The fourth-order valence-corrected chi connectivity index (χ4v) is 4.23. The number of rotatable bonds is 3. The number of thioether (sulfide) groups is 1. The smallest absolute Gasteiger partial charge is 0.343 e. The van der Waals surface area contributed by atoms with Gasteiger partial charge in [-0.15, -0.1) is 11.3 Å². The van der Waals surface area contributed by atoms with E-state index < -0.39 is 17.4 Å². The van der Waals surface area contributed by atoms with Crippen LogP contribution in [0.3, 0.4) is 0 Å². The van der Waals surface area contributed by atoms with E-state index in [2.05, 4.69) is 5.43 Å². The minimum Gasteiger partial charge on any atom is -0.422 e. The summed E-state index contributed by atoms with van der Waals surface area (Å²) < 4.78 is 5.45. The maximum absolute atomic E-state index is 12.6. The third-order valence-corrected chi connectivity index (χ3v) is 5.88. The van der Waals surface area contributed by atoms with Crippen LogP contribution >= 0.6 is 35.3 Å². The predicted octanol–water partition coefficient (Wildman–Crippen LogP) is 3.40. The fourth-order valence-electron chi connectivity index (χ4n) is 2.45. The normalized spacial score (nSPS) is 15.7. The van der Waals surface area contributed by atoms with Crippen molar-refractivity contribution in [2.24, 2.45) is 0 Å². The zero-order valence-corrected chi connectivity index (χ0v) is 16.0. The minimum atomic E-state index is -0.554. The number of para-hydroxylation sites is 1.